The third-order valence-corrected chi connectivity index (χ3v) is 6.13. The molecule has 0 saturated carbocycles. The lowest BCUT2D eigenvalue weighted by Crippen LogP contribution is -2.06. The fourth-order valence-corrected chi connectivity index (χ4v) is 3.86. The van der Waals surface area contributed by atoms with Gasteiger partial charge in [-0.15, -0.1) is 40.8 Å². The summed E-state index contributed by atoms with van der Waals surface area (Å²) in [6.45, 7) is 1.53. The van der Waals surface area contributed by atoms with Gasteiger partial charge in [-0.3, -0.25) is 9.97 Å². The topological polar surface area (TPSA) is 203 Å². The number of carbonyl (C=O) groups is 2. The number of benzene rings is 2. The lowest BCUT2D eigenvalue weighted by molar-refractivity contribution is -0.137. The number of nitrogens with zero attached hydrogens (tertiary/aromatic N) is 10. The Bertz CT molecular complexity index is 2010. The van der Waals surface area contributed by atoms with Gasteiger partial charge in [-0.05, 0) is 55.0 Å². The van der Waals surface area contributed by atoms with Crippen molar-refractivity contribution < 1.29 is 33.0 Å². The monoisotopic (exact) mass is 640 g/mol. The Kier molecular flexibility index (Phi) is 9.16. The van der Waals surface area contributed by atoms with Crippen LogP contribution >= 0.6 is 0 Å². The molecule has 0 aliphatic heterocycles. The van der Waals surface area contributed by atoms with Gasteiger partial charge in [-0.1, -0.05) is 30.3 Å². The number of alkyl halides is 3. The first-order valence-electron chi connectivity index (χ1n) is 13.3. The lowest BCUT2D eigenvalue weighted by Gasteiger charge is -2.09. The second-order valence-corrected chi connectivity index (χ2v) is 9.52. The maximum absolute atomic E-state index is 12.9. The van der Waals surface area contributed by atoms with Gasteiger partial charge in [0, 0.05) is 23.5 Å². The van der Waals surface area contributed by atoms with Crippen molar-refractivity contribution in [3.05, 3.63) is 107 Å². The van der Waals surface area contributed by atoms with Gasteiger partial charge in [0.2, 0.25) is 23.3 Å². The molecule has 47 heavy (non-hydrogen) atoms. The van der Waals surface area contributed by atoms with Crippen molar-refractivity contribution in [3.8, 4) is 45.8 Å². The van der Waals surface area contributed by atoms with Crippen LogP contribution in [0.4, 0.5) is 13.2 Å². The van der Waals surface area contributed by atoms with Crippen LogP contribution in [0.25, 0.3) is 45.8 Å². The molecule has 4 aromatic heterocycles. The van der Waals surface area contributed by atoms with Gasteiger partial charge in [0.05, 0.1) is 16.7 Å². The molecule has 2 N–H and O–H groups in total. The highest BCUT2D eigenvalue weighted by Gasteiger charge is 2.31. The molecule has 0 aliphatic carbocycles. The number of aromatic carboxylic acids is 2. The molecule has 6 rings (SSSR count). The minimum absolute atomic E-state index is 0.00858. The highest BCUT2D eigenvalue weighted by atomic mass is 19.4. The van der Waals surface area contributed by atoms with Crippen molar-refractivity contribution in [3.63, 3.8) is 0 Å². The molecule has 0 bridgehead atoms. The number of aryl methyl sites for hydroxylation is 1. The van der Waals surface area contributed by atoms with E-state index < -0.39 is 23.7 Å². The molecule has 0 saturated heterocycles. The second-order valence-electron chi connectivity index (χ2n) is 9.52. The van der Waals surface area contributed by atoms with Gasteiger partial charge in [-0.2, -0.15) is 13.2 Å². The summed E-state index contributed by atoms with van der Waals surface area (Å²) in [5, 5.41) is 48.8. The van der Waals surface area contributed by atoms with Crippen LogP contribution in [-0.2, 0) is 6.18 Å². The van der Waals surface area contributed by atoms with Crippen molar-refractivity contribution >= 4 is 11.9 Å². The van der Waals surface area contributed by atoms with Gasteiger partial charge in [-0.25, -0.2) is 9.59 Å². The number of pyridine rings is 2. The maximum Gasteiger partial charge on any atom is 0.416 e. The van der Waals surface area contributed by atoms with E-state index in [1.54, 1.807) is 0 Å². The Morgan fingerprint density at radius 3 is 1.43 bits per heavy atom. The first kappa shape index (κ1) is 31.8. The summed E-state index contributed by atoms with van der Waals surface area (Å²) in [5.74, 6) is -1.55. The third kappa shape index (κ3) is 7.90. The zero-order valence-electron chi connectivity index (χ0n) is 23.9. The van der Waals surface area contributed by atoms with Crippen LogP contribution < -0.4 is 0 Å². The molecule has 0 aliphatic rings. The number of hydrogen-bond acceptors (Lipinski definition) is 12. The Balaban J connectivity index is 0.000000189. The Hall–Kier alpha value is -6.65. The highest BCUT2D eigenvalue weighted by molar-refractivity contribution is 5.87. The third-order valence-electron chi connectivity index (χ3n) is 6.13. The van der Waals surface area contributed by atoms with E-state index in [-0.39, 0.29) is 39.9 Å². The average Bonchev–Trinajstić information content (AvgIpc) is 3.08. The molecule has 234 valence electrons. The zero-order chi connectivity index (χ0) is 33.6. The van der Waals surface area contributed by atoms with Crippen LogP contribution in [0, 0.1) is 6.92 Å². The van der Waals surface area contributed by atoms with Gasteiger partial charge < -0.3 is 10.2 Å². The van der Waals surface area contributed by atoms with Crippen LogP contribution in [0.2, 0.25) is 0 Å². The smallest absolute Gasteiger partial charge is 0.416 e. The normalized spacial score (nSPS) is 10.9. The van der Waals surface area contributed by atoms with E-state index in [0.717, 1.165) is 23.9 Å². The van der Waals surface area contributed by atoms with Crippen molar-refractivity contribution in [2.75, 3.05) is 0 Å². The zero-order valence-corrected chi connectivity index (χ0v) is 23.9. The van der Waals surface area contributed by atoms with Crippen molar-refractivity contribution in [1.29, 1.82) is 0 Å². The minimum Gasteiger partial charge on any atom is -0.478 e. The van der Waals surface area contributed by atoms with E-state index >= 15 is 0 Å². The first-order chi connectivity index (χ1) is 22.5. The molecule has 0 spiro atoms. The molecule has 6 aromatic rings. The number of rotatable bonds is 6. The lowest BCUT2D eigenvalue weighted by atomic mass is 10.1. The van der Waals surface area contributed by atoms with Crippen LogP contribution in [0.5, 0.6) is 0 Å². The molecule has 0 radical (unpaired) electrons. The highest BCUT2D eigenvalue weighted by Crippen LogP contribution is 2.32. The maximum atomic E-state index is 12.9. The predicted octanol–water partition coefficient (Wildman–Crippen LogP) is 4.71. The summed E-state index contributed by atoms with van der Waals surface area (Å²) in [6.07, 6.45) is -2.12. The molecule has 2 aromatic carbocycles. The molecule has 4 heterocycles. The van der Waals surface area contributed by atoms with Crippen LogP contribution in [0.15, 0.2) is 85.2 Å². The van der Waals surface area contributed by atoms with E-state index in [9.17, 15) is 22.8 Å². The second kappa shape index (κ2) is 13.6. The fraction of sp³-hybridized carbons (Fsp3) is 0.0667. The Labute approximate surface area is 262 Å². The summed E-state index contributed by atoms with van der Waals surface area (Å²) >= 11 is 0. The first-order valence-corrected chi connectivity index (χ1v) is 13.3. The average molecular weight is 641 g/mol. The van der Waals surface area contributed by atoms with Gasteiger partial charge >= 0.3 is 18.1 Å². The molecular weight excluding hydrogens is 621 g/mol. The number of carboxylic acids is 2. The molecule has 0 amide bonds. The van der Waals surface area contributed by atoms with Crippen molar-refractivity contribution in [2.24, 2.45) is 0 Å². The Morgan fingerprint density at radius 1 is 0.574 bits per heavy atom. The van der Waals surface area contributed by atoms with Gasteiger partial charge in [0.25, 0.3) is 0 Å². The fourth-order valence-electron chi connectivity index (χ4n) is 3.86. The van der Waals surface area contributed by atoms with Crippen molar-refractivity contribution in [1.82, 2.24) is 50.8 Å². The molecule has 0 unspecified atom stereocenters. The van der Waals surface area contributed by atoms with Gasteiger partial charge in [0.15, 0.2) is 0 Å². The van der Waals surface area contributed by atoms with Crippen LogP contribution in [-0.4, -0.2) is 72.9 Å². The summed E-state index contributed by atoms with van der Waals surface area (Å²) in [7, 11) is 0. The standard InChI is InChI=1S/C16H10F3N5O2.C14H9N5O2/c1-8-4-10(6-11(5-8)16(17,18)19)13-21-23-14(24-22-13)12-3-2-9(7-20-12)15(25)26;20-14(21)10-6-7-11(15-8-10)13-18-16-12(17-19-13)9-4-2-1-3-5-9/h2-7H,1H3,(H,25,26);1-8H,(H,20,21). The largest absolute Gasteiger partial charge is 0.478 e. The minimum atomic E-state index is -4.49. The Morgan fingerprint density at radius 2 is 1.02 bits per heavy atom. The number of aromatic nitrogens is 10. The van der Waals surface area contributed by atoms with Crippen molar-refractivity contribution in [2.45, 2.75) is 13.1 Å². The molecule has 17 heteroatoms. The van der Waals surface area contributed by atoms with E-state index in [2.05, 4.69) is 50.8 Å². The van der Waals surface area contributed by atoms with E-state index in [0.29, 0.717) is 17.1 Å². The number of carboxylic acid groups (broad SMARTS) is 2. The molecule has 14 nitrogen and oxygen atoms in total. The van der Waals surface area contributed by atoms with Gasteiger partial charge in [0.1, 0.15) is 11.4 Å². The van der Waals surface area contributed by atoms with E-state index in [1.165, 1.54) is 43.5 Å². The number of halogens is 3. The summed E-state index contributed by atoms with van der Waals surface area (Å²) in [5.41, 5.74) is 1.28. The number of hydrogen-bond donors (Lipinski definition) is 2. The summed E-state index contributed by atoms with van der Waals surface area (Å²) in [4.78, 5) is 29.4. The SMILES string of the molecule is Cc1cc(-c2nnc(-c3ccc(C(=O)O)cn3)nn2)cc(C(F)(F)F)c1.O=C(O)c1ccc(-c2nnc(-c3ccccc3)nn2)nc1. The van der Waals surface area contributed by atoms with Crippen LogP contribution in [0.1, 0.15) is 31.8 Å². The molecule has 0 fully saturated rings. The quantitative estimate of drug-likeness (QED) is 0.253. The predicted molar refractivity (Wildman–Crippen MR) is 156 cm³/mol. The van der Waals surface area contributed by atoms with E-state index in [1.807, 2.05) is 30.3 Å². The molecular formula is C30H19F3N10O4. The van der Waals surface area contributed by atoms with E-state index in [4.69, 9.17) is 10.2 Å². The molecule has 0 atom stereocenters. The summed E-state index contributed by atoms with van der Waals surface area (Å²) in [6, 6.07) is 18.4. The van der Waals surface area contributed by atoms with Crippen LogP contribution in [0.3, 0.4) is 0 Å². The summed E-state index contributed by atoms with van der Waals surface area (Å²) < 4.78 is 38.7.